The van der Waals surface area contributed by atoms with E-state index in [0.29, 0.717) is 11.8 Å². The SMILES string of the molecule is Cc1ccc(C=O)c(N=N/C(=N\Nc2cc(S(=O)(=O)O)cc(Nc3nc(F)nc(F)n3)c2O)c2ccccc2)c1. The van der Waals surface area contributed by atoms with E-state index in [4.69, 9.17) is 0 Å². The molecule has 4 aromatic rings. The van der Waals surface area contributed by atoms with Gasteiger partial charge in [0, 0.05) is 11.1 Å². The summed E-state index contributed by atoms with van der Waals surface area (Å²) in [6, 6.07) is 15.0. The Balaban J connectivity index is 1.77. The fourth-order valence-electron chi connectivity index (χ4n) is 3.23. The molecule has 0 unspecified atom stereocenters. The van der Waals surface area contributed by atoms with Crippen molar-refractivity contribution in [3.05, 3.63) is 89.5 Å². The third-order valence-electron chi connectivity index (χ3n) is 5.09. The number of carbonyl (C=O) groups excluding carboxylic acids is 1. The number of nitrogens with one attached hydrogen (secondary N) is 2. The first-order valence-electron chi connectivity index (χ1n) is 11.1. The second-order valence-electron chi connectivity index (χ2n) is 7.96. The highest BCUT2D eigenvalue weighted by atomic mass is 32.2. The Morgan fingerprint density at radius 3 is 2.30 bits per heavy atom. The smallest absolute Gasteiger partial charge is 0.315 e. The summed E-state index contributed by atoms with van der Waals surface area (Å²) in [5.74, 6) is -1.44. The first-order valence-corrected chi connectivity index (χ1v) is 12.5. The number of hydrogen-bond donors (Lipinski definition) is 4. The van der Waals surface area contributed by atoms with Crippen molar-refractivity contribution in [2.45, 2.75) is 11.8 Å². The van der Waals surface area contributed by atoms with Gasteiger partial charge in [-0.15, -0.1) is 10.2 Å². The molecule has 16 heteroatoms. The molecule has 1 heterocycles. The topological polar surface area (TPSA) is 191 Å². The maximum absolute atomic E-state index is 13.4. The number of aryl methyl sites for hydroxylation is 1. The number of hydrazone groups is 1. The number of aromatic nitrogens is 3. The molecule has 0 amide bonds. The number of rotatable bonds is 8. The molecule has 0 saturated carbocycles. The van der Waals surface area contributed by atoms with Gasteiger partial charge in [-0.05, 0) is 36.8 Å². The summed E-state index contributed by atoms with van der Waals surface area (Å²) < 4.78 is 60.2. The van der Waals surface area contributed by atoms with Gasteiger partial charge >= 0.3 is 12.2 Å². The van der Waals surface area contributed by atoms with Gasteiger partial charge < -0.3 is 10.4 Å². The van der Waals surface area contributed by atoms with Crippen molar-refractivity contribution in [3.8, 4) is 5.75 Å². The normalized spacial score (nSPS) is 11.9. The summed E-state index contributed by atoms with van der Waals surface area (Å²) in [5, 5.41) is 25.3. The van der Waals surface area contributed by atoms with E-state index in [-0.39, 0.29) is 22.8 Å². The summed E-state index contributed by atoms with van der Waals surface area (Å²) in [7, 11) is -4.84. The highest BCUT2D eigenvalue weighted by Crippen LogP contribution is 2.36. The standard InChI is InChI=1S/C24H18F2N8O5S/c1-13-7-8-15(12-35)17(9-13)31-33-21(14-5-3-2-4-6-14)34-32-19-11-16(40(37,38)39)10-18(20(19)36)27-24-29-22(25)28-23(26)30-24/h2-12,32,36H,1H3,(H,37,38,39)(H,27,28,29,30)/b33-31?,34-21-. The molecule has 0 saturated heterocycles. The molecule has 0 bridgehead atoms. The molecule has 0 aliphatic rings. The molecular formula is C24H18F2N8O5S. The molecule has 0 radical (unpaired) electrons. The minimum absolute atomic E-state index is 0.0493. The van der Waals surface area contributed by atoms with Gasteiger partial charge in [-0.2, -0.15) is 37.3 Å². The zero-order valence-electron chi connectivity index (χ0n) is 20.3. The van der Waals surface area contributed by atoms with Gasteiger partial charge in [0.25, 0.3) is 10.1 Å². The van der Waals surface area contributed by atoms with E-state index in [2.05, 4.69) is 41.0 Å². The van der Waals surface area contributed by atoms with Gasteiger partial charge in [-0.3, -0.25) is 14.8 Å². The Labute approximate surface area is 225 Å². The number of benzene rings is 3. The molecule has 0 aliphatic carbocycles. The molecule has 40 heavy (non-hydrogen) atoms. The average molecular weight is 569 g/mol. The molecule has 4 N–H and O–H groups in total. The Bertz CT molecular complexity index is 1730. The minimum Gasteiger partial charge on any atom is -0.504 e. The number of phenolic OH excluding ortho intramolecular Hbond substituents is 1. The van der Waals surface area contributed by atoms with Crippen LogP contribution in [0.3, 0.4) is 0 Å². The zero-order chi connectivity index (χ0) is 28.9. The molecule has 1 aromatic heterocycles. The van der Waals surface area contributed by atoms with Crippen LogP contribution >= 0.6 is 0 Å². The fourth-order valence-corrected chi connectivity index (χ4v) is 3.76. The van der Waals surface area contributed by atoms with Gasteiger partial charge in [0.1, 0.15) is 5.69 Å². The van der Waals surface area contributed by atoms with Crippen molar-refractivity contribution in [2.24, 2.45) is 15.3 Å². The van der Waals surface area contributed by atoms with Crippen molar-refractivity contribution < 1.29 is 31.7 Å². The molecule has 0 aliphatic heterocycles. The Hall–Kier alpha value is -5.22. The van der Waals surface area contributed by atoms with Crippen LogP contribution in [0.1, 0.15) is 21.5 Å². The number of aldehydes is 1. The number of carbonyl (C=O) groups is 1. The molecule has 4 rings (SSSR count). The first-order chi connectivity index (χ1) is 19.0. The monoisotopic (exact) mass is 568 g/mol. The maximum atomic E-state index is 13.4. The van der Waals surface area contributed by atoms with Crippen LogP contribution in [-0.4, -0.2) is 45.2 Å². The van der Waals surface area contributed by atoms with Gasteiger partial charge in [0.05, 0.1) is 16.3 Å². The molecule has 204 valence electrons. The Kier molecular flexibility index (Phi) is 8.11. The zero-order valence-corrected chi connectivity index (χ0v) is 21.1. The van der Waals surface area contributed by atoms with E-state index < -0.39 is 44.6 Å². The summed E-state index contributed by atoms with van der Waals surface area (Å²) >= 11 is 0. The number of phenols is 1. The quantitative estimate of drug-likeness (QED) is 0.0447. The van der Waals surface area contributed by atoms with E-state index in [9.17, 15) is 31.7 Å². The average Bonchev–Trinajstić information content (AvgIpc) is 2.90. The largest absolute Gasteiger partial charge is 0.504 e. The third-order valence-corrected chi connectivity index (χ3v) is 5.92. The van der Waals surface area contributed by atoms with Gasteiger partial charge in [0.2, 0.25) is 11.8 Å². The van der Waals surface area contributed by atoms with Crippen molar-refractivity contribution in [1.82, 2.24) is 15.0 Å². The van der Waals surface area contributed by atoms with Crippen LogP contribution in [0.4, 0.5) is 31.8 Å². The Morgan fingerprint density at radius 1 is 0.975 bits per heavy atom. The first kappa shape index (κ1) is 27.8. The molecule has 0 atom stereocenters. The third kappa shape index (κ3) is 6.80. The number of amidine groups is 1. The lowest BCUT2D eigenvalue weighted by molar-refractivity contribution is 0.112. The number of anilines is 3. The second-order valence-corrected chi connectivity index (χ2v) is 9.38. The predicted molar refractivity (Wildman–Crippen MR) is 139 cm³/mol. The second kappa shape index (κ2) is 11.7. The highest BCUT2D eigenvalue weighted by molar-refractivity contribution is 7.85. The molecule has 3 aromatic carbocycles. The number of nitrogens with zero attached hydrogens (tertiary/aromatic N) is 6. The van der Waals surface area contributed by atoms with Crippen molar-refractivity contribution in [1.29, 1.82) is 0 Å². The summed E-state index contributed by atoms with van der Waals surface area (Å²) in [6.45, 7) is 1.80. The van der Waals surface area contributed by atoms with Crippen LogP contribution in [-0.2, 0) is 10.1 Å². The highest BCUT2D eigenvalue weighted by Gasteiger charge is 2.19. The maximum Gasteiger partial charge on any atom is 0.315 e. The Morgan fingerprint density at radius 2 is 1.65 bits per heavy atom. The fraction of sp³-hybridized carbons (Fsp3) is 0.0417. The van der Waals surface area contributed by atoms with Crippen LogP contribution in [0.15, 0.2) is 80.9 Å². The number of aromatic hydroxyl groups is 1. The molecular weight excluding hydrogens is 550 g/mol. The number of hydrogen-bond acceptors (Lipinski definition) is 11. The van der Waals surface area contributed by atoms with E-state index >= 15 is 0 Å². The lowest BCUT2D eigenvalue weighted by Gasteiger charge is -2.13. The van der Waals surface area contributed by atoms with Crippen LogP contribution in [0.5, 0.6) is 5.75 Å². The summed E-state index contributed by atoms with van der Waals surface area (Å²) in [4.78, 5) is 19.9. The predicted octanol–water partition coefficient (Wildman–Crippen LogP) is 4.52. The lowest BCUT2D eigenvalue weighted by Crippen LogP contribution is -2.07. The lowest BCUT2D eigenvalue weighted by atomic mass is 10.1. The van der Waals surface area contributed by atoms with Crippen molar-refractivity contribution in [3.63, 3.8) is 0 Å². The van der Waals surface area contributed by atoms with E-state index in [1.165, 1.54) is 0 Å². The summed E-state index contributed by atoms with van der Waals surface area (Å²) in [6.07, 6.45) is -2.34. The van der Waals surface area contributed by atoms with E-state index in [1.807, 2.05) is 0 Å². The minimum atomic E-state index is -4.84. The molecule has 13 nitrogen and oxygen atoms in total. The van der Waals surface area contributed by atoms with Gasteiger partial charge in [-0.1, -0.05) is 36.4 Å². The van der Waals surface area contributed by atoms with E-state index in [1.54, 1.807) is 55.5 Å². The summed E-state index contributed by atoms with van der Waals surface area (Å²) in [5.41, 5.74) is 3.41. The van der Waals surface area contributed by atoms with Crippen molar-refractivity contribution >= 4 is 45.3 Å². The van der Waals surface area contributed by atoms with Crippen LogP contribution in [0.25, 0.3) is 0 Å². The molecule has 0 fully saturated rings. The number of halogens is 2. The molecule has 0 spiro atoms. The van der Waals surface area contributed by atoms with E-state index in [0.717, 1.165) is 17.7 Å². The van der Waals surface area contributed by atoms with Gasteiger partial charge in [-0.25, -0.2) is 0 Å². The number of azo groups is 1. The van der Waals surface area contributed by atoms with Gasteiger partial charge in [0.15, 0.2) is 12.0 Å². The van der Waals surface area contributed by atoms with Crippen molar-refractivity contribution in [2.75, 3.05) is 10.7 Å². The van der Waals surface area contributed by atoms with Crippen LogP contribution in [0.2, 0.25) is 0 Å². The van der Waals surface area contributed by atoms with Crippen LogP contribution < -0.4 is 10.7 Å². The van der Waals surface area contributed by atoms with Crippen LogP contribution in [0, 0.1) is 19.1 Å².